The maximum absolute atomic E-state index is 5.26. The van der Waals surface area contributed by atoms with Crippen LogP contribution in [0, 0.1) is 0 Å². The summed E-state index contributed by atoms with van der Waals surface area (Å²) in [5.74, 6) is 2.07. The molecule has 0 radical (unpaired) electrons. The summed E-state index contributed by atoms with van der Waals surface area (Å²) < 4.78 is 5.26. The van der Waals surface area contributed by atoms with Gasteiger partial charge in [0.25, 0.3) is 0 Å². The fourth-order valence-corrected chi connectivity index (χ4v) is 3.58. The van der Waals surface area contributed by atoms with Crippen molar-refractivity contribution in [2.24, 2.45) is 0 Å². The van der Waals surface area contributed by atoms with Gasteiger partial charge in [-0.3, -0.25) is 9.88 Å². The summed E-state index contributed by atoms with van der Waals surface area (Å²) in [7, 11) is 1.69. The second-order valence-electron chi connectivity index (χ2n) is 6.85. The third kappa shape index (κ3) is 4.43. The first-order valence-electron chi connectivity index (χ1n) is 9.55. The smallest absolute Gasteiger partial charge is 0.228 e. The molecule has 0 spiro atoms. The highest BCUT2D eigenvalue weighted by Gasteiger charge is 2.25. The molecular weight excluding hydrogens is 352 g/mol. The molecule has 1 N–H and O–H groups in total. The Balaban J connectivity index is 1.51. The Kier molecular flexibility index (Phi) is 5.72. The fourth-order valence-electron chi connectivity index (χ4n) is 3.58. The Morgan fingerprint density at radius 2 is 1.96 bits per heavy atom. The molecule has 1 atom stereocenters. The molecule has 2 aromatic heterocycles. The van der Waals surface area contributed by atoms with Crippen molar-refractivity contribution < 1.29 is 4.74 Å². The van der Waals surface area contributed by atoms with Gasteiger partial charge in [0, 0.05) is 25.1 Å². The van der Waals surface area contributed by atoms with Crippen LogP contribution in [0.4, 0.5) is 11.8 Å². The molecule has 7 heteroatoms. The van der Waals surface area contributed by atoms with Crippen LogP contribution in [0.1, 0.15) is 36.6 Å². The lowest BCUT2D eigenvalue weighted by atomic mass is 9.98. The van der Waals surface area contributed by atoms with Crippen LogP contribution in [0.25, 0.3) is 0 Å². The Morgan fingerprint density at radius 1 is 1.07 bits per heavy atom. The standard InChI is InChI=1S/C21H24N6O/c1-28-17-7-5-16(6-8-17)15-27-13-3-2-4-19(27)18-9-10-24-21(25-18)26-20-14-22-11-12-23-20/h5-12,14,19H,2-4,13,15H2,1H3,(H,23,24,25,26). The summed E-state index contributed by atoms with van der Waals surface area (Å²) in [5, 5.41) is 3.13. The number of rotatable bonds is 6. The number of anilines is 2. The minimum absolute atomic E-state index is 0.279. The summed E-state index contributed by atoms with van der Waals surface area (Å²) in [6.45, 7) is 1.96. The zero-order valence-corrected chi connectivity index (χ0v) is 16.0. The van der Waals surface area contributed by atoms with E-state index >= 15 is 0 Å². The second kappa shape index (κ2) is 8.75. The molecule has 0 saturated carbocycles. The minimum Gasteiger partial charge on any atom is -0.497 e. The van der Waals surface area contributed by atoms with E-state index in [0.29, 0.717) is 11.8 Å². The molecule has 28 heavy (non-hydrogen) atoms. The van der Waals surface area contributed by atoms with Crippen LogP contribution in [-0.4, -0.2) is 38.5 Å². The molecule has 3 heterocycles. The fraction of sp³-hybridized carbons (Fsp3) is 0.333. The van der Waals surface area contributed by atoms with Crippen LogP contribution in [0.5, 0.6) is 5.75 Å². The summed E-state index contributed by atoms with van der Waals surface area (Å²) in [6.07, 6.45) is 10.3. The van der Waals surface area contributed by atoms with Crippen molar-refractivity contribution in [1.29, 1.82) is 0 Å². The van der Waals surface area contributed by atoms with E-state index in [1.807, 2.05) is 18.2 Å². The maximum Gasteiger partial charge on any atom is 0.228 e. The van der Waals surface area contributed by atoms with Crippen LogP contribution in [0.3, 0.4) is 0 Å². The number of likely N-dealkylation sites (tertiary alicyclic amines) is 1. The number of aromatic nitrogens is 4. The largest absolute Gasteiger partial charge is 0.497 e. The van der Waals surface area contributed by atoms with Crippen molar-refractivity contribution in [1.82, 2.24) is 24.8 Å². The van der Waals surface area contributed by atoms with Gasteiger partial charge in [-0.2, -0.15) is 0 Å². The molecule has 0 amide bonds. The van der Waals surface area contributed by atoms with Gasteiger partial charge in [-0.1, -0.05) is 18.6 Å². The predicted molar refractivity (Wildman–Crippen MR) is 107 cm³/mol. The second-order valence-corrected chi connectivity index (χ2v) is 6.85. The Labute approximate surface area is 164 Å². The lowest BCUT2D eigenvalue weighted by Crippen LogP contribution is -2.33. The van der Waals surface area contributed by atoms with Crippen LogP contribution in [0.15, 0.2) is 55.1 Å². The number of methoxy groups -OCH3 is 1. The highest BCUT2D eigenvalue weighted by Crippen LogP contribution is 2.31. The van der Waals surface area contributed by atoms with Gasteiger partial charge in [-0.05, 0) is 43.1 Å². The summed E-state index contributed by atoms with van der Waals surface area (Å²) in [4.78, 5) is 19.9. The van der Waals surface area contributed by atoms with Crippen LogP contribution < -0.4 is 10.1 Å². The van der Waals surface area contributed by atoms with E-state index in [4.69, 9.17) is 9.72 Å². The molecule has 4 rings (SSSR count). The highest BCUT2D eigenvalue weighted by atomic mass is 16.5. The summed E-state index contributed by atoms with van der Waals surface area (Å²) in [6, 6.07) is 10.6. The van der Waals surface area contributed by atoms with Gasteiger partial charge >= 0.3 is 0 Å². The maximum atomic E-state index is 5.26. The molecule has 7 nitrogen and oxygen atoms in total. The molecular formula is C21H24N6O. The average Bonchev–Trinajstić information content (AvgIpc) is 2.76. The van der Waals surface area contributed by atoms with Gasteiger partial charge in [0.05, 0.1) is 25.0 Å². The van der Waals surface area contributed by atoms with E-state index in [1.54, 1.807) is 31.9 Å². The van der Waals surface area contributed by atoms with Gasteiger partial charge in [-0.15, -0.1) is 0 Å². The van der Waals surface area contributed by atoms with E-state index in [1.165, 1.54) is 18.4 Å². The van der Waals surface area contributed by atoms with Gasteiger partial charge in [0.15, 0.2) is 5.82 Å². The van der Waals surface area contributed by atoms with Crippen molar-refractivity contribution in [2.45, 2.75) is 31.8 Å². The SMILES string of the molecule is COc1ccc(CN2CCCCC2c2ccnc(Nc3cnccn3)n2)cc1. The number of nitrogens with one attached hydrogen (secondary N) is 1. The van der Waals surface area contributed by atoms with Crippen LogP contribution in [-0.2, 0) is 6.54 Å². The van der Waals surface area contributed by atoms with Crippen molar-refractivity contribution in [3.63, 3.8) is 0 Å². The van der Waals surface area contributed by atoms with E-state index in [0.717, 1.165) is 31.0 Å². The molecule has 3 aromatic rings. The third-order valence-electron chi connectivity index (χ3n) is 4.98. The third-order valence-corrected chi connectivity index (χ3v) is 4.98. The summed E-state index contributed by atoms with van der Waals surface area (Å²) >= 11 is 0. The monoisotopic (exact) mass is 376 g/mol. The first-order valence-corrected chi connectivity index (χ1v) is 9.55. The van der Waals surface area contributed by atoms with Gasteiger partial charge in [-0.25, -0.2) is 15.0 Å². The predicted octanol–water partition coefficient (Wildman–Crippen LogP) is 3.75. The van der Waals surface area contributed by atoms with Crippen molar-refractivity contribution in [2.75, 3.05) is 19.0 Å². The van der Waals surface area contributed by atoms with Crippen molar-refractivity contribution in [3.05, 3.63) is 66.4 Å². The van der Waals surface area contributed by atoms with Crippen molar-refractivity contribution >= 4 is 11.8 Å². The van der Waals surface area contributed by atoms with Crippen LogP contribution >= 0.6 is 0 Å². The molecule has 1 saturated heterocycles. The average molecular weight is 376 g/mol. The lowest BCUT2D eigenvalue weighted by Gasteiger charge is -2.35. The first kappa shape index (κ1) is 18.3. The number of benzene rings is 1. The number of ether oxygens (including phenoxy) is 1. The molecule has 0 aliphatic carbocycles. The summed E-state index contributed by atoms with van der Waals surface area (Å²) in [5.41, 5.74) is 2.31. The zero-order chi connectivity index (χ0) is 19.2. The molecule has 1 aliphatic heterocycles. The molecule has 1 aromatic carbocycles. The molecule has 0 bridgehead atoms. The molecule has 1 aliphatic rings. The number of nitrogens with zero attached hydrogens (tertiary/aromatic N) is 5. The number of piperidine rings is 1. The van der Waals surface area contributed by atoms with E-state index < -0.39 is 0 Å². The molecule has 1 fully saturated rings. The quantitative estimate of drug-likeness (QED) is 0.702. The normalized spacial score (nSPS) is 17.2. The Hall–Kier alpha value is -3.06. The zero-order valence-electron chi connectivity index (χ0n) is 16.0. The minimum atomic E-state index is 0.279. The van der Waals surface area contributed by atoms with E-state index in [9.17, 15) is 0 Å². The van der Waals surface area contributed by atoms with Crippen molar-refractivity contribution in [3.8, 4) is 5.75 Å². The Bertz CT molecular complexity index is 887. The van der Waals surface area contributed by atoms with E-state index in [2.05, 4.69) is 37.3 Å². The van der Waals surface area contributed by atoms with Gasteiger partial charge in [0.2, 0.25) is 5.95 Å². The highest BCUT2D eigenvalue weighted by molar-refractivity contribution is 5.45. The number of hydrogen-bond donors (Lipinski definition) is 1. The molecule has 1 unspecified atom stereocenters. The van der Waals surface area contributed by atoms with E-state index in [-0.39, 0.29) is 6.04 Å². The lowest BCUT2D eigenvalue weighted by molar-refractivity contribution is 0.137. The van der Waals surface area contributed by atoms with Gasteiger partial charge < -0.3 is 10.1 Å². The van der Waals surface area contributed by atoms with Crippen LogP contribution in [0.2, 0.25) is 0 Å². The first-order chi connectivity index (χ1) is 13.8. The molecule has 144 valence electrons. The number of hydrogen-bond acceptors (Lipinski definition) is 7. The van der Waals surface area contributed by atoms with Gasteiger partial charge in [0.1, 0.15) is 5.75 Å². The topological polar surface area (TPSA) is 76.1 Å². The Morgan fingerprint density at radius 3 is 2.75 bits per heavy atom.